The van der Waals surface area contributed by atoms with Crippen molar-refractivity contribution in [1.29, 1.82) is 0 Å². The molecule has 3 atom stereocenters. The third-order valence-corrected chi connectivity index (χ3v) is 4.03. The van der Waals surface area contributed by atoms with Gasteiger partial charge < -0.3 is 11.1 Å². The zero-order valence-electron chi connectivity index (χ0n) is 14.3. The summed E-state index contributed by atoms with van der Waals surface area (Å²) in [6, 6.07) is 9.79. The maximum atomic E-state index is 12.1. The van der Waals surface area contributed by atoms with Gasteiger partial charge in [0.15, 0.2) is 0 Å². The molecule has 0 bridgehead atoms. The molecule has 0 aromatic heterocycles. The second-order valence-electron chi connectivity index (χ2n) is 6.44. The number of rotatable bonds is 4. The van der Waals surface area contributed by atoms with Gasteiger partial charge in [0, 0.05) is 18.5 Å². The van der Waals surface area contributed by atoms with Crippen molar-refractivity contribution in [1.82, 2.24) is 5.32 Å². The van der Waals surface area contributed by atoms with Crippen LogP contribution in [0.25, 0.3) is 0 Å². The monoisotopic (exact) mass is 304 g/mol. The van der Waals surface area contributed by atoms with Gasteiger partial charge in [-0.25, -0.2) is 0 Å². The van der Waals surface area contributed by atoms with E-state index >= 15 is 0 Å². The highest BCUT2D eigenvalue weighted by molar-refractivity contribution is 5.78. The van der Waals surface area contributed by atoms with E-state index < -0.39 is 0 Å². The van der Waals surface area contributed by atoms with Crippen molar-refractivity contribution in [2.24, 2.45) is 17.6 Å². The molecule has 3 heteroatoms. The summed E-state index contributed by atoms with van der Waals surface area (Å²) >= 11 is 0. The van der Waals surface area contributed by atoms with Crippen LogP contribution < -0.4 is 11.1 Å². The molecular weight excluding hydrogens is 272 g/mol. The number of amides is 1. The van der Waals surface area contributed by atoms with Crippen LogP contribution in [-0.4, -0.2) is 12.5 Å². The Morgan fingerprint density at radius 1 is 1.27 bits per heavy atom. The Kier molecular flexibility index (Phi) is 8.83. The Morgan fingerprint density at radius 3 is 2.50 bits per heavy atom. The lowest BCUT2D eigenvalue weighted by atomic mass is 9.82. The van der Waals surface area contributed by atoms with E-state index in [1.54, 1.807) is 0 Å². The van der Waals surface area contributed by atoms with E-state index in [1.807, 2.05) is 30.3 Å². The van der Waals surface area contributed by atoms with Crippen molar-refractivity contribution in [3.63, 3.8) is 0 Å². The van der Waals surface area contributed by atoms with Crippen LogP contribution in [0.3, 0.4) is 0 Å². The predicted molar refractivity (Wildman–Crippen MR) is 93.5 cm³/mol. The van der Waals surface area contributed by atoms with Crippen LogP contribution in [0, 0.1) is 11.8 Å². The molecule has 2 rings (SSSR count). The normalized spacial score (nSPS) is 22.2. The van der Waals surface area contributed by atoms with Crippen LogP contribution in [0.4, 0.5) is 0 Å². The third kappa shape index (κ3) is 6.61. The summed E-state index contributed by atoms with van der Waals surface area (Å²) in [5.74, 6) is 1.04. The molecule has 0 saturated heterocycles. The predicted octanol–water partition coefficient (Wildman–Crippen LogP) is 4.05. The van der Waals surface area contributed by atoms with Crippen LogP contribution in [0.1, 0.15) is 64.5 Å². The van der Waals surface area contributed by atoms with Crippen molar-refractivity contribution >= 4 is 5.91 Å². The second-order valence-corrected chi connectivity index (χ2v) is 6.44. The molecule has 1 fully saturated rings. The lowest BCUT2D eigenvalue weighted by Gasteiger charge is -2.26. The molecule has 3 unspecified atom stereocenters. The van der Waals surface area contributed by atoms with Crippen LogP contribution in [0.15, 0.2) is 30.3 Å². The molecule has 1 aromatic rings. The summed E-state index contributed by atoms with van der Waals surface area (Å²) < 4.78 is 0. The topological polar surface area (TPSA) is 55.1 Å². The van der Waals surface area contributed by atoms with Crippen molar-refractivity contribution in [2.75, 3.05) is 6.54 Å². The Balaban J connectivity index is 0.000000745. The van der Waals surface area contributed by atoms with Crippen molar-refractivity contribution in [2.45, 2.75) is 58.9 Å². The number of hydrogen-bond donors (Lipinski definition) is 2. The van der Waals surface area contributed by atoms with Crippen LogP contribution in [-0.2, 0) is 4.79 Å². The molecule has 22 heavy (non-hydrogen) atoms. The van der Waals surface area contributed by atoms with E-state index in [1.165, 1.54) is 19.3 Å². The Morgan fingerprint density at radius 2 is 1.91 bits per heavy atom. The number of hydrogen-bond acceptors (Lipinski definition) is 2. The van der Waals surface area contributed by atoms with Crippen molar-refractivity contribution in [3.05, 3.63) is 35.9 Å². The minimum Gasteiger partial charge on any atom is -0.354 e. The third-order valence-electron chi connectivity index (χ3n) is 4.03. The second kappa shape index (κ2) is 10.4. The summed E-state index contributed by atoms with van der Waals surface area (Å²) in [4.78, 5) is 12.1. The summed E-state index contributed by atoms with van der Waals surface area (Å²) in [7, 11) is 0. The molecule has 1 saturated carbocycles. The molecule has 1 aliphatic rings. The number of nitrogens with two attached hydrogens (primary N) is 1. The number of carbonyl (C=O) groups excluding carboxylic acids is 1. The van der Waals surface area contributed by atoms with E-state index in [0.29, 0.717) is 12.5 Å². The van der Waals surface area contributed by atoms with Gasteiger partial charge in [0.2, 0.25) is 5.91 Å². The maximum absolute atomic E-state index is 12.1. The molecule has 1 aromatic carbocycles. The smallest absolute Gasteiger partial charge is 0.223 e. The van der Waals surface area contributed by atoms with Gasteiger partial charge in [-0.05, 0) is 24.3 Å². The summed E-state index contributed by atoms with van der Waals surface area (Å²) in [5.41, 5.74) is 7.15. The molecule has 0 radical (unpaired) electrons. The Hall–Kier alpha value is -1.35. The molecule has 0 spiro atoms. The fourth-order valence-corrected chi connectivity index (χ4v) is 2.85. The molecule has 1 aliphatic carbocycles. The molecule has 0 aliphatic heterocycles. The molecule has 124 valence electrons. The van der Waals surface area contributed by atoms with Crippen LogP contribution in [0.5, 0.6) is 0 Å². The SMILES string of the molecule is CC1CCCC(C(=O)NCC(N)c2ccccc2)C1.CCC. The van der Waals surface area contributed by atoms with Gasteiger partial charge in [0.1, 0.15) is 0 Å². The van der Waals surface area contributed by atoms with Gasteiger partial charge in [-0.1, -0.05) is 70.4 Å². The highest BCUT2D eigenvalue weighted by Crippen LogP contribution is 2.28. The summed E-state index contributed by atoms with van der Waals surface area (Å²) in [6.45, 7) is 7.00. The van der Waals surface area contributed by atoms with E-state index in [4.69, 9.17) is 5.73 Å². The van der Waals surface area contributed by atoms with Gasteiger partial charge in [0.05, 0.1) is 0 Å². The standard InChI is InChI=1S/C16H24N2O.C3H8/c1-12-6-5-9-14(10-12)16(19)18-11-15(17)13-7-3-2-4-8-13;1-3-2/h2-4,7-8,12,14-15H,5-6,9-11,17H2,1H3,(H,18,19);3H2,1-2H3. The number of benzene rings is 1. The highest BCUT2D eigenvalue weighted by Gasteiger charge is 2.25. The minimum absolute atomic E-state index is 0.119. The zero-order valence-corrected chi connectivity index (χ0v) is 14.3. The van der Waals surface area contributed by atoms with Gasteiger partial charge in [-0.2, -0.15) is 0 Å². The molecule has 3 nitrogen and oxygen atoms in total. The Bertz CT molecular complexity index is 419. The maximum Gasteiger partial charge on any atom is 0.223 e. The molecular formula is C19H32N2O. The van der Waals surface area contributed by atoms with Crippen molar-refractivity contribution in [3.8, 4) is 0 Å². The van der Waals surface area contributed by atoms with Crippen molar-refractivity contribution < 1.29 is 4.79 Å². The van der Waals surface area contributed by atoms with Gasteiger partial charge in [-0.15, -0.1) is 0 Å². The molecule has 1 amide bonds. The molecule has 3 N–H and O–H groups in total. The summed E-state index contributed by atoms with van der Waals surface area (Å²) in [6.07, 6.45) is 5.72. The highest BCUT2D eigenvalue weighted by atomic mass is 16.1. The number of nitrogens with one attached hydrogen (secondary N) is 1. The lowest BCUT2D eigenvalue weighted by molar-refractivity contribution is -0.126. The first kappa shape index (κ1) is 18.7. The first-order chi connectivity index (χ1) is 10.6. The average Bonchev–Trinajstić information content (AvgIpc) is 2.54. The van der Waals surface area contributed by atoms with E-state index in [9.17, 15) is 4.79 Å². The van der Waals surface area contributed by atoms with E-state index in [2.05, 4.69) is 26.1 Å². The van der Waals surface area contributed by atoms with Crippen LogP contribution in [0.2, 0.25) is 0 Å². The minimum atomic E-state index is -0.119. The summed E-state index contributed by atoms with van der Waals surface area (Å²) in [5, 5.41) is 3.01. The van der Waals surface area contributed by atoms with E-state index in [0.717, 1.165) is 18.4 Å². The van der Waals surface area contributed by atoms with E-state index in [-0.39, 0.29) is 17.9 Å². The van der Waals surface area contributed by atoms with Gasteiger partial charge in [0.25, 0.3) is 0 Å². The van der Waals surface area contributed by atoms with Crippen LogP contribution >= 0.6 is 0 Å². The Labute approximate surface area is 135 Å². The largest absolute Gasteiger partial charge is 0.354 e. The fraction of sp³-hybridized carbons (Fsp3) is 0.632. The first-order valence-electron chi connectivity index (χ1n) is 8.66. The van der Waals surface area contributed by atoms with Gasteiger partial charge >= 0.3 is 0 Å². The number of carbonyl (C=O) groups is 1. The average molecular weight is 304 g/mol. The van der Waals surface area contributed by atoms with Gasteiger partial charge in [-0.3, -0.25) is 4.79 Å². The zero-order chi connectivity index (χ0) is 16.4. The fourth-order valence-electron chi connectivity index (χ4n) is 2.85. The lowest BCUT2D eigenvalue weighted by Crippen LogP contribution is -2.37. The quantitative estimate of drug-likeness (QED) is 0.882. The molecule has 0 heterocycles. The first-order valence-corrected chi connectivity index (χ1v) is 8.66.